The molecule has 1 aromatic heterocycles. The van der Waals surface area contributed by atoms with Crippen molar-refractivity contribution in [3.63, 3.8) is 0 Å². The van der Waals surface area contributed by atoms with Crippen LogP contribution in [-0.4, -0.2) is 26.1 Å². The van der Waals surface area contributed by atoms with Crippen LogP contribution in [0.25, 0.3) is 5.69 Å². The maximum Gasteiger partial charge on any atom is 0.362 e. The Labute approximate surface area is 90.1 Å². The summed E-state index contributed by atoms with van der Waals surface area (Å²) in [6, 6.07) is 7.12. The average Bonchev–Trinajstić information content (AvgIpc) is 2.61. The second-order valence-corrected chi connectivity index (χ2v) is 3.29. The van der Waals surface area contributed by atoms with Crippen LogP contribution >= 0.6 is 0 Å². The third kappa shape index (κ3) is 1.50. The van der Waals surface area contributed by atoms with Crippen molar-refractivity contribution >= 4 is 5.97 Å². The van der Waals surface area contributed by atoms with Gasteiger partial charge in [-0.15, -0.1) is 5.10 Å². The number of hydrogen-bond acceptors (Lipinski definition) is 3. The SMILES string of the molecule is Cc1ccccc1-n1[nH]nc(C(=O)O)c1=O. The lowest BCUT2D eigenvalue weighted by atomic mass is 10.2. The van der Waals surface area contributed by atoms with E-state index in [1.54, 1.807) is 12.1 Å². The van der Waals surface area contributed by atoms with E-state index in [0.29, 0.717) is 5.69 Å². The Hall–Kier alpha value is -2.37. The molecule has 6 heteroatoms. The van der Waals surface area contributed by atoms with Gasteiger partial charge in [-0.1, -0.05) is 18.2 Å². The lowest BCUT2D eigenvalue weighted by molar-refractivity contribution is 0.0689. The molecule has 0 bridgehead atoms. The summed E-state index contributed by atoms with van der Waals surface area (Å²) in [4.78, 5) is 22.3. The molecule has 0 saturated carbocycles. The number of para-hydroxylation sites is 1. The van der Waals surface area contributed by atoms with Crippen molar-refractivity contribution in [2.45, 2.75) is 6.92 Å². The fraction of sp³-hybridized carbons (Fsp3) is 0.100. The number of H-pyrrole nitrogens is 1. The van der Waals surface area contributed by atoms with E-state index in [0.717, 1.165) is 10.2 Å². The molecule has 2 aromatic rings. The minimum atomic E-state index is -1.34. The van der Waals surface area contributed by atoms with Gasteiger partial charge in [0.05, 0.1) is 5.69 Å². The average molecular weight is 219 g/mol. The van der Waals surface area contributed by atoms with Crippen LogP contribution in [0.15, 0.2) is 29.1 Å². The molecule has 0 saturated heterocycles. The molecule has 0 radical (unpaired) electrons. The summed E-state index contributed by atoms with van der Waals surface area (Å²) in [5.74, 6) is -1.34. The van der Waals surface area contributed by atoms with Gasteiger partial charge in [0.15, 0.2) is 0 Å². The number of aromatic amines is 1. The number of nitrogens with zero attached hydrogens (tertiary/aromatic N) is 2. The molecule has 0 unspecified atom stereocenters. The standard InChI is InChI=1S/C10H9N3O3/c1-6-4-2-3-5-7(6)13-9(14)8(10(15)16)11-12-13/h2-5,12H,1H3,(H,15,16). The van der Waals surface area contributed by atoms with Crippen molar-refractivity contribution in [2.75, 3.05) is 0 Å². The van der Waals surface area contributed by atoms with Crippen LogP contribution in [0.1, 0.15) is 16.1 Å². The normalized spacial score (nSPS) is 10.3. The Bertz CT molecular complexity index is 597. The van der Waals surface area contributed by atoms with E-state index in [-0.39, 0.29) is 0 Å². The van der Waals surface area contributed by atoms with Crippen LogP contribution in [0.5, 0.6) is 0 Å². The quantitative estimate of drug-likeness (QED) is 0.772. The largest absolute Gasteiger partial charge is 0.476 e. The molecule has 0 spiro atoms. The lowest BCUT2D eigenvalue weighted by Crippen LogP contribution is -2.20. The van der Waals surface area contributed by atoms with Crippen LogP contribution in [0.4, 0.5) is 0 Å². The zero-order valence-corrected chi connectivity index (χ0v) is 8.47. The monoisotopic (exact) mass is 219 g/mol. The van der Waals surface area contributed by atoms with Crippen molar-refractivity contribution in [3.05, 3.63) is 45.9 Å². The van der Waals surface area contributed by atoms with Gasteiger partial charge >= 0.3 is 11.5 Å². The minimum Gasteiger partial charge on any atom is -0.476 e. The van der Waals surface area contributed by atoms with Crippen LogP contribution < -0.4 is 5.56 Å². The maximum absolute atomic E-state index is 11.7. The van der Waals surface area contributed by atoms with Gasteiger partial charge in [-0.2, -0.15) is 0 Å². The van der Waals surface area contributed by atoms with Crippen molar-refractivity contribution in [3.8, 4) is 5.69 Å². The highest BCUT2D eigenvalue weighted by Gasteiger charge is 2.16. The number of rotatable bonds is 2. The first-order chi connectivity index (χ1) is 7.61. The Kier molecular flexibility index (Phi) is 2.32. The Morgan fingerprint density at radius 2 is 2.12 bits per heavy atom. The fourth-order valence-electron chi connectivity index (χ4n) is 1.42. The molecule has 2 N–H and O–H groups in total. The zero-order chi connectivity index (χ0) is 11.7. The summed E-state index contributed by atoms with van der Waals surface area (Å²) in [7, 11) is 0. The van der Waals surface area contributed by atoms with Crippen molar-refractivity contribution < 1.29 is 9.90 Å². The Morgan fingerprint density at radius 3 is 2.69 bits per heavy atom. The number of benzene rings is 1. The molecule has 0 aliphatic carbocycles. The van der Waals surface area contributed by atoms with E-state index in [2.05, 4.69) is 10.3 Å². The molecule has 16 heavy (non-hydrogen) atoms. The first-order valence-electron chi connectivity index (χ1n) is 4.58. The number of hydrogen-bond donors (Lipinski definition) is 2. The second-order valence-electron chi connectivity index (χ2n) is 3.29. The van der Waals surface area contributed by atoms with Crippen LogP contribution in [-0.2, 0) is 0 Å². The van der Waals surface area contributed by atoms with Gasteiger partial charge in [0, 0.05) is 0 Å². The van der Waals surface area contributed by atoms with Gasteiger partial charge in [-0.3, -0.25) is 4.79 Å². The Morgan fingerprint density at radius 1 is 1.44 bits per heavy atom. The fourth-order valence-corrected chi connectivity index (χ4v) is 1.42. The zero-order valence-electron chi connectivity index (χ0n) is 8.47. The number of aryl methyl sites for hydroxylation is 1. The van der Waals surface area contributed by atoms with Crippen molar-refractivity contribution in [2.24, 2.45) is 0 Å². The topological polar surface area (TPSA) is 88.0 Å². The van der Waals surface area contributed by atoms with E-state index >= 15 is 0 Å². The number of nitrogens with one attached hydrogen (secondary N) is 1. The van der Waals surface area contributed by atoms with Crippen molar-refractivity contribution in [1.29, 1.82) is 0 Å². The van der Waals surface area contributed by atoms with E-state index < -0.39 is 17.2 Å². The molecule has 2 rings (SSSR count). The molecule has 0 fully saturated rings. The molecule has 82 valence electrons. The first kappa shape index (κ1) is 10.2. The predicted molar refractivity (Wildman–Crippen MR) is 55.9 cm³/mol. The molecule has 1 heterocycles. The molecule has 0 aliphatic heterocycles. The third-order valence-electron chi connectivity index (χ3n) is 2.23. The van der Waals surface area contributed by atoms with Crippen LogP contribution in [0, 0.1) is 6.92 Å². The highest BCUT2D eigenvalue weighted by Crippen LogP contribution is 2.09. The number of carboxylic acid groups (broad SMARTS) is 1. The maximum atomic E-state index is 11.7. The molecule has 0 aliphatic rings. The summed E-state index contributed by atoms with van der Waals surface area (Å²) >= 11 is 0. The van der Waals surface area contributed by atoms with Gasteiger partial charge in [0.2, 0.25) is 5.69 Å². The number of carboxylic acids is 1. The summed E-state index contributed by atoms with van der Waals surface area (Å²) in [6.07, 6.45) is 0. The third-order valence-corrected chi connectivity index (χ3v) is 2.23. The Balaban J connectivity index is 2.63. The van der Waals surface area contributed by atoms with E-state index in [4.69, 9.17) is 5.11 Å². The molecule has 1 aromatic carbocycles. The number of carbonyl (C=O) groups is 1. The van der Waals surface area contributed by atoms with Gasteiger partial charge in [-0.25, -0.2) is 14.7 Å². The summed E-state index contributed by atoms with van der Waals surface area (Å²) in [6.45, 7) is 1.82. The molecular weight excluding hydrogens is 210 g/mol. The van der Waals surface area contributed by atoms with Gasteiger partial charge in [0.1, 0.15) is 0 Å². The van der Waals surface area contributed by atoms with Gasteiger partial charge in [-0.05, 0) is 18.6 Å². The summed E-state index contributed by atoms with van der Waals surface area (Å²) in [5.41, 5.74) is 0.266. The number of aromatic carboxylic acids is 1. The van der Waals surface area contributed by atoms with E-state index in [1.165, 1.54) is 0 Å². The van der Waals surface area contributed by atoms with E-state index in [9.17, 15) is 9.59 Å². The molecule has 0 atom stereocenters. The predicted octanol–water partition coefficient (Wildman–Crippen LogP) is 0.567. The molecule has 6 nitrogen and oxygen atoms in total. The smallest absolute Gasteiger partial charge is 0.362 e. The van der Waals surface area contributed by atoms with Crippen LogP contribution in [0.2, 0.25) is 0 Å². The number of aromatic nitrogens is 3. The first-order valence-corrected chi connectivity index (χ1v) is 4.58. The minimum absolute atomic E-state index is 0.511. The lowest BCUT2D eigenvalue weighted by Gasteiger charge is -2.03. The van der Waals surface area contributed by atoms with E-state index in [1.807, 2.05) is 19.1 Å². The van der Waals surface area contributed by atoms with Gasteiger partial charge in [0.25, 0.3) is 0 Å². The highest BCUT2D eigenvalue weighted by atomic mass is 16.4. The summed E-state index contributed by atoms with van der Waals surface area (Å²) in [5, 5.41) is 14.5. The molecular formula is C10H9N3O3. The van der Waals surface area contributed by atoms with Crippen LogP contribution in [0.3, 0.4) is 0 Å². The van der Waals surface area contributed by atoms with Crippen molar-refractivity contribution in [1.82, 2.24) is 15.0 Å². The molecule has 0 amide bonds. The van der Waals surface area contributed by atoms with Gasteiger partial charge < -0.3 is 5.11 Å². The second kappa shape index (κ2) is 3.65. The summed E-state index contributed by atoms with van der Waals surface area (Å²) < 4.78 is 1.11. The highest BCUT2D eigenvalue weighted by molar-refractivity contribution is 5.84.